The fourth-order valence-electron chi connectivity index (χ4n) is 1.23. The van der Waals surface area contributed by atoms with E-state index in [1.807, 2.05) is 0 Å². The van der Waals surface area contributed by atoms with Gasteiger partial charge in [0, 0.05) is 11.8 Å². The Morgan fingerprint density at radius 1 is 1.43 bits per heavy atom. The average molecular weight is 190 g/mol. The van der Waals surface area contributed by atoms with Gasteiger partial charge in [0.1, 0.15) is 11.9 Å². The molecule has 14 heavy (non-hydrogen) atoms. The number of aliphatic hydroxyl groups excluding tert-OH is 1. The van der Waals surface area contributed by atoms with Crippen molar-refractivity contribution in [3.8, 4) is 0 Å². The van der Waals surface area contributed by atoms with Crippen molar-refractivity contribution >= 4 is 0 Å². The van der Waals surface area contributed by atoms with Crippen LogP contribution in [0.1, 0.15) is 23.2 Å². The van der Waals surface area contributed by atoms with E-state index >= 15 is 0 Å². The summed E-state index contributed by atoms with van der Waals surface area (Å²) in [6.45, 7) is 1.78. The van der Waals surface area contributed by atoms with Gasteiger partial charge in [0.25, 0.3) is 0 Å². The Labute approximate surface area is 81.2 Å². The highest BCUT2D eigenvalue weighted by Gasteiger charge is 2.12. The highest BCUT2D eigenvalue weighted by Crippen LogP contribution is 2.19. The molecule has 0 aromatic carbocycles. The van der Waals surface area contributed by atoms with Gasteiger partial charge in [-0.25, -0.2) is 9.97 Å². The van der Waals surface area contributed by atoms with E-state index in [9.17, 15) is 5.11 Å². The fraction of sp³-hybridized carbons (Fsp3) is 0.200. The van der Waals surface area contributed by atoms with Gasteiger partial charge in [-0.05, 0) is 19.1 Å². The Morgan fingerprint density at radius 2 is 2.29 bits per heavy atom. The number of nitrogens with zero attached hydrogens (tertiary/aromatic N) is 2. The van der Waals surface area contributed by atoms with E-state index in [-0.39, 0.29) is 0 Å². The van der Waals surface area contributed by atoms with Crippen LogP contribution in [-0.4, -0.2) is 15.1 Å². The smallest absolute Gasteiger partial charge is 0.125 e. The lowest BCUT2D eigenvalue weighted by Crippen LogP contribution is -2.02. The van der Waals surface area contributed by atoms with Crippen molar-refractivity contribution in [2.75, 3.05) is 0 Å². The minimum absolute atomic E-state index is 0.582. The first kappa shape index (κ1) is 8.90. The molecule has 72 valence electrons. The first-order valence-corrected chi connectivity index (χ1v) is 4.27. The number of hydrogen-bond donors (Lipinski definition) is 1. The third-order valence-corrected chi connectivity index (χ3v) is 1.94. The molecule has 4 heteroatoms. The normalized spacial score (nSPS) is 12.7. The van der Waals surface area contributed by atoms with Crippen molar-refractivity contribution < 1.29 is 9.52 Å². The zero-order chi connectivity index (χ0) is 9.97. The molecular formula is C10H10N2O2. The maximum absolute atomic E-state index is 9.85. The molecule has 0 saturated heterocycles. The van der Waals surface area contributed by atoms with Crippen LogP contribution in [0, 0.1) is 6.92 Å². The molecule has 0 bridgehead atoms. The second-order valence-electron chi connectivity index (χ2n) is 2.99. The third-order valence-electron chi connectivity index (χ3n) is 1.94. The van der Waals surface area contributed by atoms with Crippen LogP contribution in [0.2, 0.25) is 0 Å². The summed E-state index contributed by atoms with van der Waals surface area (Å²) in [5.74, 6) is 0.644. The molecule has 0 saturated carbocycles. The molecule has 2 heterocycles. The monoisotopic (exact) mass is 190 g/mol. The first-order chi connectivity index (χ1) is 6.77. The van der Waals surface area contributed by atoms with E-state index in [1.54, 1.807) is 25.3 Å². The molecule has 1 atom stereocenters. The molecular weight excluding hydrogens is 180 g/mol. The molecule has 2 aromatic rings. The van der Waals surface area contributed by atoms with Crippen LogP contribution in [0.15, 0.2) is 35.3 Å². The summed E-state index contributed by atoms with van der Waals surface area (Å²) in [5, 5.41) is 9.85. The minimum Gasteiger partial charge on any atom is -0.472 e. The molecule has 0 radical (unpaired) electrons. The van der Waals surface area contributed by atoms with Gasteiger partial charge < -0.3 is 9.52 Å². The van der Waals surface area contributed by atoms with Gasteiger partial charge >= 0.3 is 0 Å². The topological polar surface area (TPSA) is 59.2 Å². The molecule has 0 aliphatic carbocycles. The summed E-state index contributed by atoms with van der Waals surface area (Å²) in [7, 11) is 0. The maximum Gasteiger partial charge on any atom is 0.125 e. The summed E-state index contributed by atoms with van der Waals surface area (Å²) < 4.78 is 4.88. The van der Waals surface area contributed by atoms with Gasteiger partial charge in [0.2, 0.25) is 0 Å². The van der Waals surface area contributed by atoms with Crippen molar-refractivity contribution in [3.05, 3.63) is 47.9 Å². The van der Waals surface area contributed by atoms with E-state index in [0.717, 1.165) is 0 Å². The zero-order valence-corrected chi connectivity index (χ0v) is 7.71. The van der Waals surface area contributed by atoms with E-state index in [0.29, 0.717) is 17.1 Å². The van der Waals surface area contributed by atoms with Gasteiger partial charge in [-0.15, -0.1) is 0 Å². The predicted octanol–water partition coefficient (Wildman–Crippen LogP) is 1.46. The van der Waals surface area contributed by atoms with E-state index in [1.165, 1.54) is 12.5 Å². The lowest BCUT2D eigenvalue weighted by molar-refractivity contribution is 0.214. The molecule has 0 fully saturated rings. The Bertz CT molecular complexity index is 412. The highest BCUT2D eigenvalue weighted by atomic mass is 16.3. The second kappa shape index (κ2) is 3.59. The predicted molar refractivity (Wildman–Crippen MR) is 49.5 cm³/mol. The van der Waals surface area contributed by atoms with Gasteiger partial charge in [0.05, 0.1) is 18.2 Å². The Balaban J connectivity index is 2.32. The first-order valence-electron chi connectivity index (χ1n) is 4.27. The fourth-order valence-corrected chi connectivity index (χ4v) is 1.23. The molecule has 1 unspecified atom stereocenters. The Kier molecular flexibility index (Phi) is 2.28. The number of furan rings is 1. The second-order valence-corrected chi connectivity index (χ2v) is 2.99. The van der Waals surface area contributed by atoms with Crippen LogP contribution >= 0.6 is 0 Å². The van der Waals surface area contributed by atoms with Crippen molar-refractivity contribution in [3.63, 3.8) is 0 Å². The van der Waals surface area contributed by atoms with E-state index in [2.05, 4.69) is 9.97 Å². The summed E-state index contributed by atoms with van der Waals surface area (Å²) in [6.07, 6.45) is 3.91. The zero-order valence-electron chi connectivity index (χ0n) is 7.71. The molecule has 0 amide bonds. The van der Waals surface area contributed by atoms with Crippen LogP contribution in [-0.2, 0) is 0 Å². The standard InChI is InChI=1S/C10H10N2O2/c1-7-11-4-2-9(12-7)10(13)8-3-5-14-6-8/h2-6,10,13H,1H3. The SMILES string of the molecule is Cc1nccc(C(O)c2ccoc2)n1. The van der Waals surface area contributed by atoms with Crippen LogP contribution in [0.5, 0.6) is 0 Å². The van der Waals surface area contributed by atoms with E-state index in [4.69, 9.17) is 4.42 Å². The summed E-state index contributed by atoms with van der Waals surface area (Å²) in [5.41, 5.74) is 1.28. The molecule has 0 aliphatic heterocycles. The number of aliphatic hydroxyl groups is 1. The van der Waals surface area contributed by atoms with Crippen LogP contribution in [0.3, 0.4) is 0 Å². The van der Waals surface area contributed by atoms with Crippen LogP contribution < -0.4 is 0 Å². The summed E-state index contributed by atoms with van der Waals surface area (Å²) >= 11 is 0. The average Bonchev–Trinajstić information content (AvgIpc) is 2.69. The molecule has 2 aromatic heterocycles. The quantitative estimate of drug-likeness (QED) is 0.778. The highest BCUT2D eigenvalue weighted by molar-refractivity contribution is 5.20. The molecule has 2 rings (SSSR count). The van der Waals surface area contributed by atoms with Gasteiger partial charge in [-0.2, -0.15) is 0 Å². The Morgan fingerprint density at radius 3 is 2.93 bits per heavy atom. The number of aromatic nitrogens is 2. The van der Waals surface area contributed by atoms with Crippen molar-refractivity contribution in [1.29, 1.82) is 0 Å². The summed E-state index contributed by atoms with van der Waals surface area (Å²) in [6, 6.07) is 3.40. The maximum atomic E-state index is 9.85. The van der Waals surface area contributed by atoms with Crippen molar-refractivity contribution in [2.45, 2.75) is 13.0 Å². The number of rotatable bonds is 2. The van der Waals surface area contributed by atoms with E-state index < -0.39 is 6.10 Å². The number of aryl methyl sites for hydroxylation is 1. The lowest BCUT2D eigenvalue weighted by atomic mass is 10.1. The molecule has 0 spiro atoms. The molecule has 1 N–H and O–H groups in total. The van der Waals surface area contributed by atoms with Crippen LogP contribution in [0.25, 0.3) is 0 Å². The van der Waals surface area contributed by atoms with Gasteiger partial charge in [-0.1, -0.05) is 0 Å². The van der Waals surface area contributed by atoms with Gasteiger partial charge in [-0.3, -0.25) is 0 Å². The lowest BCUT2D eigenvalue weighted by Gasteiger charge is -2.07. The largest absolute Gasteiger partial charge is 0.472 e. The number of hydrogen-bond acceptors (Lipinski definition) is 4. The Hall–Kier alpha value is -1.68. The molecule has 4 nitrogen and oxygen atoms in total. The van der Waals surface area contributed by atoms with Gasteiger partial charge in [0.15, 0.2) is 0 Å². The minimum atomic E-state index is -0.740. The third kappa shape index (κ3) is 1.65. The van der Waals surface area contributed by atoms with Crippen molar-refractivity contribution in [2.24, 2.45) is 0 Å². The van der Waals surface area contributed by atoms with Crippen LogP contribution in [0.4, 0.5) is 0 Å². The summed E-state index contributed by atoms with van der Waals surface area (Å²) in [4.78, 5) is 8.08. The molecule has 0 aliphatic rings. The van der Waals surface area contributed by atoms with Crippen molar-refractivity contribution in [1.82, 2.24) is 9.97 Å².